The van der Waals surface area contributed by atoms with Crippen LogP contribution < -0.4 is 14.8 Å². The van der Waals surface area contributed by atoms with Crippen LogP contribution in [0, 0.1) is 17.8 Å². The van der Waals surface area contributed by atoms with E-state index in [2.05, 4.69) is 30.6 Å². The maximum absolute atomic E-state index is 13.8. The smallest absolute Gasteiger partial charge is 0.317 e. The van der Waals surface area contributed by atoms with Crippen LogP contribution in [0.15, 0.2) is 60.3 Å². The van der Waals surface area contributed by atoms with Gasteiger partial charge in [0, 0.05) is 51.1 Å². The van der Waals surface area contributed by atoms with Gasteiger partial charge in [0.25, 0.3) is 0 Å². The number of aliphatic hydroxyl groups excluding tert-OH is 2. The lowest BCUT2D eigenvalue weighted by atomic mass is 9.55. The first-order chi connectivity index (χ1) is 24.9. The molecule has 1 aromatic carbocycles. The van der Waals surface area contributed by atoms with E-state index >= 15 is 0 Å². The van der Waals surface area contributed by atoms with Crippen molar-refractivity contribution in [1.29, 1.82) is 0 Å². The van der Waals surface area contributed by atoms with Crippen LogP contribution in [0.2, 0.25) is 0 Å². The highest BCUT2D eigenvalue weighted by Crippen LogP contribution is 2.61. The number of allylic oxidation sites excluding steroid dienone is 1. The molecule has 282 valence electrons. The lowest BCUT2D eigenvalue weighted by Crippen LogP contribution is -2.70. The molecule has 11 nitrogen and oxygen atoms in total. The fourth-order valence-electron chi connectivity index (χ4n) is 8.39. The Labute approximate surface area is 303 Å². The number of benzene rings is 1. The number of urea groups is 1. The molecule has 0 spiro atoms. The molecule has 0 aromatic heterocycles. The van der Waals surface area contributed by atoms with Crippen LogP contribution in [0.25, 0.3) is 0 Å². The Balaban J connectivity index is 1.73. The van der Waals surface area contributed by atoms with Gasteiger partial charge in [-0.3, -0.25) is 0 Å². The molecule has 4 aliphatic rings. The summed E-state index contributed by atoms with van der Waals surface area (Å²) in [5.74, 6) is -0.0921. The van der Waals surface area contributed by atoms with E-state index in [0.29, 0.717) is 50.5 Å². The van der Waals surface area contributed by atoms with E-state index in [1.54, 1.807) is 24.1 Å². The zero-order valence-corrected chi connectivity index (χ0v) is 30.6. The molecule has 0 bridgehead atoms. The third-order valence-electron chi connectivity index (χ3n) is 10.7. The Morgan fingerprint density at radius 3 is 2.61 bits per heavy atom. The average Bonchev–Trinajstić information content (AvgIpc) is 3.15. The molecule has 7 atom stereocenters. The molecule has 5 rings (SSSR count). The number of likely N-dealkylation sites (N-methyl/N-ethyl adjacent to an activating group) is 1. The fraction of sp³-hybridized carbons (Fsp3) is 0.650. The Kier molecular flexibility index (Phi) is 14.4. The summed E-state index contributed by atoms with van der Waals surface area (Å²) in [6.45, 7) is 11.8. The van der Waals surface area contributed by atoms with Crippen molar-refractivity contribution < 1.29 is 38.8 Å². The van der Waals surface area contributed by atoms with Gasteiger partial charge in [0.05, 0.1) is 24.8 Å². The van der Waals surface area contributed by atoms with Crippen molar-refractivity contribution in [2.75, 3.05) is 46.6 Å². The molecule has 0 radical (unpaired) electrons. The zero-order chi connectivity index (χ0) is 36.2. The maximum Gasteiger partial charge on any atom is 0.317 e. The number of unbranched alkanes of at least 4 members (excludes halogenated alkanes) is 2. The van der Waals surface area contributed by atoms with Gasteiger partial charge in [0.15, 0.2) is 0 Å². The van der Waals surface area contributed by atoms with E-state index in [0.717, 1.165) is 68.2 Å². The molecule has 1 saturated heterocycles. The molecule has 1 saturated carbocycles. The maximum atomic E-state index is 13.8. The lowest BCUT2D eigenvalue weighted by Gasteiger charge is -2.59. The minimum atomic E-state index is -1.29. The molecule has 2 heterocycles. The molecule has 1 aromatic rings. The summed E-state index contributed by atoms with van der Waals surface area (Å²) >= 11 is 0. The van der Waals surface area contributed by atoms with E-state index in [1.807, 2.05) is 19.1 Å². The van der Waals surface area contributed by atoms with Crippen molar-refractivity contribution in [2.45, 2.75) is 102 Å². The third kappa shape index (κ3) is 8.81. The van der Waals surface area contributed by atoms with Crippen LogP contribution in [0.5, 0.6) is 11.5 Å². The zero-order valence-electron chi connectivity index (χ0n) is 30.6. The molecule has 2 aliphatic carbocycles. The van der Waals surface area contributed by atoms with E-state index in [-0.39, 0.29) is 49.5 Å². The first-order valence-corrected chi connectivity index (χ1v) is 19.0. The van der Waals surface area contributed by atoms with Crippen molar-refractivity contribution in [2.24, 2.45) is 22.9 Å². The Morgan fingerprint density at radius 2 is 1.90 bits per heavy atom. The first kappa shape index (κ1) is 38.8. The van der Waals surface area contributed by atoms with Crippen LogP contribution in [0.1, 0.15) is 89.0 Å². The van der Waals surface area contributed by atoms with Crippen LogP contribution in [0.3, 0.4) is 0 Å². The van der Waals surface area contributed by atoms with Crippen LogP contribution >= 0.6 is 0 Å². The predicted octanol–water partition coefficient (Wildman–Crippen LogP) is 6.46. The molecular weight excluding hydrogens is 650 g/mol. The summed E-state index contributed by atoms with van der Waals surface area (Å²) in [4.78, 5) is 21.6. The number of nitrogens with one attached hydrogen (secondary N) is 1. The number of fused-ring (bicyclic) bond motifs is 2. The van der Waals surface area contributed by atoms with E-state index in [9.17, 15) is 15.0 Å². The normalized spacial score (nSPS) is 28.8. The van der Waals surface area contributed by atoms with Crippen LogP contribution in [0.4, 0.5) is 4.79 Å². The Morgan fingerprint density at radius 1 is 1.12 bits per heavy atom. The van der Waals surface area contributed by atoms with E-state index < -0.39 is 18.1 Å². The van der Waals surface area contributed by atoms with Gasteiger partial charge in [-0.15, -0.1) is 6.58 Å². The molecule has 2 aliphatic heterocycles. The standard InChI is InChI=1S/C40H59N3O8/c1-5-19-41-39(46)43(4)35-27-33(42-51-36-16-10-13-24-48-36)31-25-28(14-8-11-20-44)30(15-9-12-21-45)37-32-26-29(47-22-6-2)17-18-34(32)50-40(35,38(31)37)49-23-7-3/h6-7,17-18,25-26,28,30,35-38,44-45H,2-3,5,8-16,19-24,27H2,1,4H3,(H,41,46)/t28-,30+,35-,36?,37+,38+,40+/m0/s1. The quantitative estimate of drug-likeness (QED) is 0.0848. The summed E-state index contributed by atoms with van der Waals surface area (Å²) in [5.41, 5.74) is 2.76. The number of hydrogen-bond donors (Lipinski definition) is 3. The summed E-state index contributed by atoms with van der Waals surface area (Å²) in [6, 6.07) is 5.14. The van der Waals surface area contributed by atoms with Crippen molar-refractivity contribution in [3.05, 3.63) is 60.7 Å². The number of carbonyl (C=O) groups excluding carboxylic acids is 1. The number of hydrogen-bond acceptors (Lipinski definition) is 9. The van der Waals surface area contributed by atoms with Crippen LogP contribution in [-0.2, 0) is 14.3 Å². The number of amides is 2. The minimum absolute atomic E-state index is 0.116. The summed E-state index contributed by atoms with van der Waals surface area (Å²) < 4.78 is 26.0. The number of ether oxygens (including phenoxy) is 4. The Bertz CT molecular complexity index is 1380. The molecule has 3 N–H and O–H groups in total. The van der Waals surface area contributed by atoms with Gasteiger partial charge in [0.1, 0.15) is 24.1 Å². The highest BCUT2D eigenvalue weighted by atomic mass is 16.8. The SMILES string of the molecule is C=CCOc1ccc2c(c1)[C@H]1[C@H](CCCCO)[C@@H](CCCCO)C=C3C(=NOC4CCCCO4)C[C@H](N(C)C(=O)NCCC)[C@@](OCC=C)(O2)[C@H]31. The molecule has 11 heteroatoms. The van der Waals surface area contributed by atoms with Gasteiger partial charge in [-0.1, -0.05) is 49.7 Å². The summed E-state index contributed by atoms with van der Waals surface area (Å²) in [7, 11) is 1.80. The number of nitrogens with zero attached hydrogens (tertiary/aromatic N) is 2. The third-order valence-corrected chi connectivity index (χ3v) is 10.7. The molecule has 2 amide bonds. The Hall–Kier alpha value is -3.38. The van der Waals surface area contributed by atoms with Gasteiger partial charge in [0.2, 0.25) is 12.1 Å². The molecule has 2 fully saturated rings. The lowest BCUT2D eigenvalue weighted by molar-refractivity contribution is -0.252. The van der Waals surface area contributed by atoms with E-state index in [4.69, 9.17) is 28.9 Å². The predicted molar refractivity (Wildman–Crippen MR) is 197 cm³/mol. The number of aliphatic hydroxyl groups is 2. The number of rotatable bonds is 19. The summed E-state index contributed by atoms with van der Waals surface area (Å²) in [6.07, 6.45) is 14.1. The second kappa shape index (κ2) is 18.9. The second-order valence-corrected chi connectivity index (χ2v) is 14.1. The number of carbonyl (C=O) groups is 1. The van der Waals surface area contributed by atoms with Crippen molar-refractivity contribution in [3.63, 3.8) is 0 Å². The highest BCUT2D eigenvalue weighted by molar-refractivity contribution is 6.03. The van der Waals surface area contributed by atoms with Crippen LogP contribution in [-0.4, -0.2) is 91.6 Å². The fourth-order valence-corrected chi connectivity index (χ4v) is 8.39. The number of oxime groups is 1. The second-order valence-electron chi connectivity index (χ2n) is 14.1. The van der Waals surface area contributed by atoms with Crippen molar-refractivity contribution in [1.82, 2.24) is 10.2 Å². The summed E-state index contributed by atoms with van der Waals surface area (Å²) in [5, 5.41) is 27.5. The first-order valence-electron chi connectivity index (χ1n) is 19.0. The van der Waals surface area contributed by atoms with Gasteiger partial charge in [-0.2, -0.15) is 0 Å². The average molecular weight is 710 g/mol. The van der Waals surface area contributed by atoms with E-state index in [1.165, 1.54) is 0 Å². The van der Waals surface area contributed by atoms with Gasteiger partial charge in [-0.25, -0.2) is 4.79 Å². The molecule has 1 unspecified atom stereocenters. The van der Waals surface area contributed by atoms with Gasteiger partial charge < -0.3 is 44.2 Å². The largest absolute Gasteiger partial charge is 0.490 e. The molecule has 51 heavy (non-hydrogen) atoms. The monoisotopic (exact) mass is 709 g/mol. The van der Waals surface area contributed by atoms with Crippen molar-refractivity contribution >= 4 is 11.7 Å². The van der Waals surface area contributed by atoms with Crippen molar-refractivity contribution in [3.8, 4) is 11.5 Å². The van der Waals surface area contributed by atoms with Gasteiger partial charge in [-0.05, 0) is 80.6 Å². The minimum Gasteiger partial charge on any atom is -0.490 e. The van der Waals surface area contributed by atoms with Gasteiger partial charge >= 0.3 is 6.03 Å². The molecular formula is C40H59N3O8. The highest BCUT2D eigenvalue weighted by Gasteiger charge is 2.65. The topological polar surface area (TPSA) is 131 Å².